The first-order chi connectivity index (χ1) is 8.88. The van der Waals surface area contributed by atoms with E-state index < -0.39 is 26.5 Å². The lowest BCUT2D eigenvalue weighted by molar-refractivity contribution is 0.364. The molecule has 20 heavy (non-hydrogen) atoms. The minimum Gasteiger partial charge on any atom is -0.255 e. The largest absolute Gasteiger partial charge is 0.312 e. The van der Waals surface area contributed by atoms with Crippen LogP contribution in [-0.4, -0.2) is 4.98 Å². The van der Waals surface area contributed by atoms with Gasteiger partial charge >= 0.3 is 10.2 Å². The average Bonchev–Trinajstić information content (AvgIpc) is 2.29. The summed E-state index contributed by atoms with van der Waals surface area (Å²) in [6, 6.07) is 1.86. The second kappa shape index (κ2) is 4.28. The average molecular weight is 317 g/mol. The Morgan fingerprint density at radius 3 is 2.05 bits per heavy atom. The summed E-state index contributed by atoms with van der Waals surface area (Å²) in [5, 5.41) is -0.277. The van der Waals surface area contributed by atoms with Crippen molar-refractivity contribution in [3.63, 3.8) is 0 Å². The Hall–Kier alpha value is -1.44. The van der Waals surface area contributed by atoms with Gasteiger partial charge in [-0.1, -0.05) is 33.3 Å². The topological polar surface area (TPSA) is 12.9 Å². The van der Waals surface area contributed by atoms with Gasteiger partial charge in [-0.25, -0.2) is 4.39 Å². The molecule has 0 spiro atoms. The summed E-state index contributed by atoms with van der Waals surface area (Å²) in [4.78, 5) is 1.02. The predicted octanol–water partition coefficient (Wildman–Crippen LogP) is 6.37. The molecule has 1 aromatic carbocycles. The second-order valence-corrected chi connectivity index (χ2v) is 6.27. The van der Waals surface area contributed by atoms with Crippen molar-refractivity contribution in [2.24, 2.45) is 0 Å². The third kappa shape index (κ3) is 3.36. The van der Waals surface area contributed by atoms with Gasteiger partial charge in [0.15, 0.2) is 0 Å². The van der Waals surface area contributed by atoms with Crippen molar-refractivity contribution in [3.8, 4) is 0 Å². The zero-order valence-electron chi connectivity index (χ0n) is 10.9. The number of benzene rings is 1. The van der Waals surface area contributed by atoms with E-state index in [0.717, 1.165) is 12.3 Å². The molecule has 1 heterocycles. The Balaban J connectivity index is 0.000000956. The number of hydrogen-bond donors (Lipinski definition) is 0. The molecule has 0 aliphatic rings. The van der Waals surface area contributed by atoms with Gasteiger partial charge in [0.25, 0.3) is 0 Å². The van der Waals surface area contributed by atoms with Crippen molar-refractivity contribution in [1.29, 1.82) is 0 Å². The quantitative estimate of drug-likeness (QED) is 0.557. The van der Waals surface area contributed by atoms with Crippen LogP contribution in [0.3, 0.4) is 0 Å². The Kier molecular flexibility index (Phi) is 3.55. The van der Waals surface area contributed by atoms with Gasteiger partial charge in [0, 0.05) is 11.6 Å². The summed E-state index contributed by atoms with van der Waals surface area (Å²) >= 11 is 0. The van der Waals surface area contributed by atoms with E-state index in [2.05, 4.69) is 4.98 Å². The summed E-state index contributed by atoms with van der Waals surface area (Å²) in [6.45, 7) is 5.39. The van der Waals surface area contributed by atoms with Gasteiger partial charge in [-0.15, -0.1) is 0 Å². The number of fused-ring (bicyclic) bond motifs is 1. The molecule has 1 nitrogen and oxygen atoms in total. The highest BCUT2D eigenvalue weighted by Crippen LogP contribution is 3.02. The molecule has 0 unspecified atom stereocenters. The number of hydrogen-bond acceptors (Lipinski definition) is 1. The SMILES string of the molecule is CC.Cc1ccnc2c(S(F)(F)(F)(F)F)cc(F)cc12. The highest BCUT2D eigenvalue weighted by atomic mass is 32.5. The minimum atomic E-state index is -9.97. The van der Waals surface area contributed by atoms with Crippen LogP contribution in [0.25, 0.3) is 10.9 Å². The van der Waals surface area contributed by atoms with Crippen LogP contribution in [0.2, 0.25) is 0 Å². The summed E-state index contributed by atoms with van der Waals surface area (Å²) < 4.78 is 77.0. The van der Waals surface area contributed by atoms with Crippen LogP contribution in [0, 0.1) is 12.7 Å². The van der Waals surface area contributed by atoms with E-state index in [-0.39, 0.29) is 17.0 Å². The Labute approximate surface area is 112 Å². The molecule has 8 heteroatoms. The normalized spacial score (nSPS) is 15.1. The van der Waals surface area contributed by atoms with Gasteiger partial charge in [0.1, 0.15) is 10.7 Å². The first kappa shape index (κ1) is 16.6. The maximum atomic E-state index is 13.1. The summed E-state index contributed by atoms with van der Waals surface area (Å²) in [5.41, 5.74) is -0.696. The Morgan fingerprint density at radius 2 is 1.55 bits per heavy atom. The van der Waals surface area contributed by atoms with Crippen molar-refractivity contribution in [2.75, 3.05) is 0 Å². The van der Waals surface area contributed by atoms with Crippen LogP contribution in [-0.2, 0) is 0 Å². The molecule has 0 radical (unpaired) electrons. The molecular weight excluding hydrogens is 304 g/mol. The molecule has 2 aromatic rings. The van der Waals surface area contributed by atoms with Crippen LogP contribution < -0.4 is 0 Å². The lowest BCUT2D eigenvalue weighted by atomic mass is 10.1. The summed E-state index contributed by atoms with van der Waals surface area (Å²) in [6.07, 6.45) is 0.975. The predicted molar refractivity (Wildman–Crippen MR) is 69.2 cm³/mol. The first-order valence-corrected chi connectivity index (χ1v) is 7.62. The fourth-order valence-corrected chi connectivity index (χ4v) is 2.48. The lowest BCUT2D eigenvalue weighted by Crippen LogP contribution is -2.08. The van der Waals surface area contributed by atoms with E-state index in [1.165, 1.54) is 13.0 Å². The Morgan fingerprint density at radius 1 is 1.00 bits per heavy atom. The number of rotatable bonds is 1. The first-order valence-electron chi connectivity index (χ1n) is 5.67. The van der Waals surface area contributed by atoms with E-state index in [4.69, 9.17) is 0 Å². The van der Waals surface area contributed by atoms with Crippen LogP contribution in [0.15, 0.2) is 29.3 Å². The number of aromatic nitrogens is 1. The molecule has 2 rings (SSSR count). The molecule has 0 saturated heterocycles. The molecule has 0 atom stereocenters. The van der Waals surface area contributed by atoms with Crippen LogP contribution in [0.1, 0.15) is 19.4 Å². The van der Waals surface area contributed by atoms with E-state index in [1.807, 2.05) is 13.8 Å². The summed E-state index contributed by atoms with van der Waals surface area (Å²) in [7, 11) is -9.97. The highest BCUT2D eigenvalue weighted by Gasteiger charge is 2.66. The zero-order chi connectivity index (χ0) is 15.8. The molecule has 0 aliphatic carbocycles. The molecule has 0 aliphatic heterocycles. The van der Waals surface area contributed by atoms with Crippen LogP contribution in [0.5, 0.6) is 0 Å². The van der Waals surface area contributed by atoms with E-state index in [1.54, 1.807) is 0 Å². The van der Waals surface area contributed by atoms with Gasteiger partial charge < -0.3 is 0 Å². The van der Waals surface area contributed by atoms with Crippen molar-refractivity contribution in [2.45, 2.75) is 25.7 Å². The molecule has 0 bridgehead atoms. The number of aryl methyl sites for hydroxylation is 1. The van der Waals surface area contributed by atoms with Crippen molar-refractivity contribution >= 4 is 21.1 Å². The van der Waals surface area contributed by atoms with Gasteiger partial charge in [-0.3, -0.25) is 4.98 Å². The van der Waals surface area contributed by atoms with Crippen LogP contribution >= 0.6 is 10.2 Å². The van der Waals surface area contributed by atoms with Crippen molar-refractivity contribution < 1.29 is 23.8 Å². The minimum absolute atomic E-state index is 0.212. The summed E-state index contributed by atoms with van der Waals surface area (Å²) in [5.74, 6) is -1.37. The molecule has 0 saturated carbocycles. The smallest absolute Gasteiger partial charge is 0.255 e. The molecule has 1 aromatic heterocycles. The molecule has 0 fully saturated rings. The third-order valence-electron chi connectivity index (χ3n) is 2.41. The fraction of sp³-hybridized carbons (Fsp3) is 0.250. The van der Waals surface area contributed by atoms with Crippen molar-refractivity contribution in [3.05, 3.63) is 35.8 Å². The monoisotopic (exact) mass is 317 g/mol. The highest BCUT2D eigenvalue weighted by molar-refractivity contribution is 8.46. The number of pyridine rings is 1. The fourth-order valence-electron chi connectivity index (χ4n) is 1.62. The number of nitrogens with zero attached hydrogens (tertiary/aromatic N) is 1. The van der Waals surface area contributed by atoms with Crippen LogP contribution in [0.4, 0.5) is 23.8 Å². The lowest BCUT2D eigenvalue weighted by Gasteiger charge is -2.40. The molecule has 0 N–H and O–H groups in total. The maximum absolute atomic E-state index is 13.1. The zero-order valence-corrected chi connectivity index (χ0v) is 11.7. The maximum Gasteiger partial charge on any atom is 0.312 e. The molecule has 0 amide bonds. The number of halogens is 6. The third-order valence-corrected chi connectivity index (χ3v) is 3.55. The van der Waals surface area contributed by atoms with Gasteiger partial charge in [-0.05, 0) is 30.7 Å². The van der Waals surface area contributed by atoms with E-state index in [9.17, 15) is 23.8 Å². The van der Waals surface area contributed by atoms with Gasteiger partial charge in [0.2, 0.25) is 0 Å². The second-order valence-electron chi connectivity index (χ2n) is 3.90. The molecule has 114 valence electrons. The van der Waals surface area contributed by atoms with E-state index >= 15 is 0 Å². The van der Waals surface area contributed by atoms with Gasteiger partial charge in [-0.2, -0.15) is 0 Å². The van der Waals surface area contributed by atoms with E-state index in [0.29, 0.717) is 0 Å². The molecular formula is C12H13F6NS. The van der Waals surface area contributed by atoms with Gasteiger partial charge in [0.05, 0.1) is 5.52 Å². The standard InChI is InChI=1S/C10H7F6NS.C2H6/c1-6-2-3-17-10-8(6)4-7(11)5-9(10)18(12,13,14,15)16;1-2/h2-5H,1H3;1-2H3. The van der Waals surface area contributed by atoms with Crippen molar-refractivity contribution in [1.82, 2.24) is 4.98 Å². The Bertz CT molecular complexity index is 650.